The Morgan fingerprint density at radius 2 is 1.12 bits per heavy atom. The number of amides is 4. The van der Waals surface area contributed by atoms with Gasteiger partial charge in [0.2, 0.25) is 11.8 Å². The molecule has 2 aliphatic heterocycles. The molecular weight excluding hydrogens is 513 g/mol. The van der Waals surface area contributed by atoms with Gasteiger partial charge in [-0.3, -0.25) is 29.0 Å². The van der Waals surface area contributed by atoms with Crippen molar-refractivity contribution in [3.05, 3.63) is 9.81 Å². The molecule has 2 saturated heterocycles. The minimum atomic E-state index is -0.322. The molecule has 0 atom stereocenters. The minimum absolute atomic E-state index is 0.0428. The Hall–Kier alpha value is -1.50. The van der Waals surface area contributed by atoms with Gasteiger partial charge >= 0.3 is 0 Å². The van der Waals surface area contributed by atoms with Gasteiger partial charge in [0.05, 0.1) is 9.81 Å². The zero-order valence-electron chi connectivity index (χ0n) is 19.6. The number of hydrogen-bond acceptors (Lipinski definition) is 8. The van der Waals surface area contributed by atoms with E-state index in [0.717, 1.165) is 49.2 Å². The molecule has 0 aromatic rings. The van der Waals surface area contributed by atoms with Crippen molar-refractivity contribution in [2.45, 2.75) is 65.2 Å². The third-order valence-corrected chi connectivity index (χ3v) is 8.21. The molecule has 8 nitrogen and oxygen atoms in total. The smallest absolute Gasteiger partial charge is 0.267 e. The van der Waals surface area contributed by atoms with Crippen LogP contribution < -0.4 is 10.6 Å². The first-order valence-corrected chi connectivity index (χ1v) is 14.1. The Bertz CT molecular complexity index is 794. The summed E-state index contributed by atoms with van der Waals surface area (Å²) in [6.07, 6.45) is 5.48. The standard InChI is InChI=1S/C22H32N4O4S4/c1-3-5-11-23-15(27)9-7-13-25-19(29)17(33-21(25)31)18-20(30)26(22(32)34-18)14-8-10-16(28)24-12-6-4-2/h3-14H2,1-2H3,(H,23,27)(H,24,28)/b18-17+. The lowest BCUT2D eigenvalue weighted by molar-refractivity contribution is -0.125. The largest absolute Gasteiger partial charge is 0.356 e. The third kappa shape index (κ3) is 8.31. The van der Waals surface area contributed by atoms with Crippen molar-refractivity contribution in [2.75, 3.05) is 26.2 Å². The predicted octanol–water partition coefficient (Wildman–Crippen LogP) is 3.31. The van der Waals surface area contributed by atoms with Crippen molar-refractivity contribution in [2.24, 2.45) is 0 Å². The van der Waals surface area contributed by atoms with E-state index in [1.165, 1.54) is 9.80 Å². The van der Waals surface area contributed by atoms with E-state index in [-0.39, 0.29) is 33.4 Å². The molecule has 2 N–H and O–H groups in total. The average molecular weight is 545 g/mol. The van der Waals surface area contributed by atoms with E-state index in [9.17, 15) is 19.2 Å². The second kappa shape index (κ2) is 14.8. The average Bonchev–Trinajstić information content (AvgIpc) is 3.23. The highest BCUT2D eigenvalue weighted by Crippen LogP contribution is 2.42. The van der Waals surface area contributed by atoms with E-state index < -0.39 is 0 Å². The minimum Gasteiger partial charge on any atom is -0.356 e. The van der Waals surface area contributed by atoms with Crippen LogP contribution in [0.4, 0.5) is 0 Å². The lowest BCUT2D eigenvalue weighted by Crippen LogP contribution is -2.32. The van der Waals surface area contributed by atoms with Crippen LogP contribution in [0.25, 0.3) is 0 Å². The zero-order valence-corrected chi connectivity index (χ0v) is 22.9. The maximum absolute atomic E-state index is 13.0. The highest BCUT2D eigenvalue weighted by atomic mass is 32.2. The topological polar surface area (TPSA) is 98.8 Å². The lowest BCUT2D eigenvalue weighted by Gasteiger charge is -2.14. The van der Waals surface area contributed by atoms with Gasteiger partial charge in [-0.25, -0.2) is 0 Å². The molecule has 2 heterocycles. The highest BCUT2D eigenvalue weighted by Gasteiger charge is 2.41. The first-order chi connectivity index (χ1) is 16.3. The molecule has 0 aromatic heterocycles. The molecule has 2 aliphatic rings. The summed E-state index contributed by atoms with van der Waals surface area (Å²) in [5, 5.41) is 5.71. The van der Waals surface area contributed by atoms with Crippen LogP contribution in [0, 0.1) is 0 Å². The SMILES string of the molecule is CCCCNC(=O)CCCN1C(=O)/C(=C2\SC(=S)N(CCCC(=O)NCCCC)C2=O)SC1=S. The maximum Gasteiger partial charge on any atom is 0.267 e. The first-order valence-electron chi connectivity index (χ1n) is 11.6. The second-order valence-electron chi connectivity index (χ2n) is 7.92. The zero-order chi connectivity index (χ0) is 25.1. The first kappa shape index (κ1) is 28.7. The van der Waals surface area contributed by atoms with Crippen LogP contribution in [-0.2, 0) is 19.2 Å². The highest BCUT2D eigenvalue weighted by molar-refractivity contribution is 8.29. The summed E-state index contributed by atoms with van der Waals surface area (Å²) in [4.78, 5) is 53.1. The van der Waals surface area contributed by atoms with Crippen LogP contribution in [0.15, 0.2) is 9.81 Å². The number of rotatable bonds is 14. The Morgan fingerprint density at radius 1 is 0.735 bits per heavy atom. The molecule has 188 valence electrons. The van der Waals surface area contributed by atoms with Crippen molar-refractivity contribution < 1.29 is 19.2 Å². The molecule has 34 heavy (non-hydrogen) atoms. The van der Waals surface area contributed by atoms with Gasteiger partial charge in [-0.1, -0.05) is 74.6 Å². The molecule has 12 heteroatoms. The third-order valence-electron chi connectivity index (χ3n) is 5.18. The van der Waals surface area contributed by atoms with Crippen LogP contribution in [-0.4, -0.2) is 68.2 Å². The fraction of sp³-hybridized carbons (Fsp3) is 0.636. The molecular formula is C22H32N4O4S4. The molecule has 0 bridgehead atoms. The monoisotopic (exact) mass is 544 g/mol. The van der Waals surface area contributed by atoms with Crippen LogP contribution >= 0.6 is 48.0 Å². The van der Waals surface area contributed by atoms with Gasteiger partial charge in [0.15, 0.2) is 0 Å². The van der Waals surface area contributed by atoms with E-state index in [1.807, 2.05) is 0 Å². The Morgan fingerprint density at radius 3 is 1.47 bits per heavy atom. The van der Waals surface area contributed by atoms with Crippen molar-refractivity contribution >= 4 is 80.2 Å². The van der Waals surface area contributed by atoms with Crippen molar-refractivity contribution in [3.8, 4) is 0 Å². The van der Waals surface area contributed by atoms with Gasteiger partial charge < -0.3 is 10.6 Å². The van der Waals surface area contributed by atoms with Crippen LogP contribution in [0.3, 0.4) is 0 Å². The van der Waals surface area contributed by atoms with Crippen LogP contribution in [0.1, 0.15) is 65.2 Å². The molecule has 0 unspecified atom stereocenters. The predicted molar refractivity (Wildman–Crippen MR) is 145 cm³/mol. The second-order valence-corrected chi connectivity index (χ2v) is 11.2. The lowest BCUT2D eigenvalue weighted by atomic mass is 10.2. The van der Waals surface area contributed by atoms with Crippen molar-refractivity contribution in [1.82, 2.24) is 20.4 Å². The number of thioether (sulfide) groups is 2. The summed E-state index contributed by atoms with van der Waals surface area (Å²) in [6, 6.07) is 0. The number of hydrogen-bond donors (Lipinski definition) is 2. The van der Waals surface area contributed by atoms with E-state index in [1.54, 1.807) is 0 Å². The quantitative estimate of drug-likeness (QED) is 0.195. The Kier molecular flexibility index (Phi) is 12.5. The van der Waals surface area contributed by atoms with Gasteiger partial charge in [-0.05, 0) is 25.7 Å². The Balaban J connectivity index is 1.88. The van der Waals surface area contributed by atoms with Gasteiger partial charge in [-0.15, -0.1) is 0 Å². The molecule has 0 radical (unpaired) electrons. The van der Waals surface area contributed by atoms with Crippen LogP contribution in [0.5, 0.6) is 0 Å². The van der Waals surface area contributed by atoms with E-state index >= 15 is 0 Å². The van der Waals surface area contributed by atoms with Gasteiger partial charge in [0.25, 0.3) is 11.8 Å². The molecule has 0 aromatic carbocycles. The summed E-state index contributed by atoms with van der Waals surface area (Å²) in [6.45, 7) is 6.07. The number of carbonyl (C=O) groups is 4. The van der Waals surface area contributed by atoms with Gasteiger partial charge in [0, 0.05) is 39.0 Å². The normalized spacial score (nSPS) is 18.3. The van der Waals surface area contributed by atoms with Crippen LogP contribution in [0.2, 0.25) is 0 Å². The van der Waals surface area contributed by atoms with Crippen molar-refractivity contribution in [1.29, 1.82) is 0 Å². The van der Waals surface area contributed by atoms with E-state index in [4.69, 9.17) is 24.4 Å². The van der Waals surface area contributed by atoms with Crippen molar-refractivity contribution in [3.63, 3.8) is 0 Å². The fourth-order valence-corrected chi connectivity index (χ4v) is 6.01. The molecule has 0 saturated carbocycles. The molecule has 0 aliphatic carbocycles. The summed E-state index contributed by atoms with van der Waals surface area (Å²) in [5.41, 5.74) is 0. The summed E-state index contributed by atoms with van der Waals surface area (Å²) < 4.78 is 0.751. The summed E-state index contributed by atoms with van der Waals surface area (Å²) >= 11 is 12.9. The number of unbranched alkanes of at least 4 members (excludes halogenated alkanes) is 2. The number of nitrogens with one attached hydrogen (secondary N) is 2. The van der Waals surface area contributed by atoms with E-state index in [2.05, 4.69) is 24.5 Å². The number of nitrogens with zero attached hydrogens (tertiary/aromatic N) is 2. The summed E-state index contributed by atoms with van der Waals surface area (Å²) in [7, 11) is 0. The van der Waals surface area contributed by atoms with Gasteiger partial charge in [-0.2, -0.15) is 0 Å². The molecule has 2 fully saturated rings. The number of thiocarbonyl (C=S) groups is 2. The maximum atomic E-state index is 13.0. The molecule has 0 spiro atoms. The molecule has 4 amide bonds. The van der Waals surface area contributed by atoms with E-state index in [0.29, 0.717) is 60.5 Å². The summed E-state index contributed by atoms with van der Waals surface area (Å²) in [5.74, 6) is -0.730. The Labute approximate surface area is 220 Å². The number of carbonyl (C=O) groups excluding carboxylic acids is 4. The molecule has 2 rings (SSSR count). The fourth-order valence-electron chi connectivity index (χ4n) is 3.24. The van der Waals surface area contributed by atoms with Gasteiger partial charge in [0.1, 0.15) is 8.64 Å².